The molecular weight excluding hydrogens is 350 g/mol. The molecule has 0 bridgehead atoms. The SMILES string of the molecule is O=C(c1ccc(Cn2ccnc2)cc1)N1CCc2nc3ncccc3cc2C1. The molecule has 6 heteroatoms. The molecule has 0 N–H and O–H groups in total. The van der Waals surface area contributed by atoms with Crippen molar-refractivity contribution in [3.8, 4) is 0 Å². The molecule has 6 nitrogen and oxygen atoms in total. The van der Waals surface area contributed by atoms with Crippen molar-refractivity contribution in [1.29, 1.82) is 0 Å². The van der Waals surface area contributed by atoms with E-state index in [1.165, 1.54) is 0 Å². The van der Waals surface area contributed by atoms with Gasteiger partial charge in [0.2, 0.25) is 0 Å². The first-order chi connectivity index (χ1) is 13.8. The minimum Gasteiger partial charge on any atom is -0.334 e. The van der Waals surface area contributed by atoms with E-state index in [9.17, 15) is 4.79 Å². The Bertz CT molecular complexity index is 1140. The third-order valence-electron chi connectivity index (χ3n) is 5.15. The molecule has 0 spiro atoms. The van der Waals surface area contributed by atoms with Gasteiger partial charge in [0.25, 0.3) is 5.91 Å². The lowest BCUT2D eigenvalue weighted by atomic mass is 10.0. The van der Waals surface area contributed by atoms with Crippen molar-refractivity contribution in [2.75, 3.05) is 6.54 Å². The Labute approximate surface area is 162 Å². The molecule has 0 atom stereocenters. The zero-order valence-electron chi connectivity index (χ0n) is 15.3. The van der Waals surface area contributed by atoms with E-state index in [2.05, 4.69) is 21.0 Å². The second-order valence-electron chi connectivity index (χ2n) is 7.05. The highest BCUT2D eigenvalue weighted by Gasteiger charge is 2.23. The highest BCUT2D eigenvalue weighted by molar-refractivity contribution is 5.94. The van der Waals surface area contributed by atoms with Gasteiger partial charge in [0.15, 0.2) is 5.65 Å². The van der Waals surface area contributed by atoms with Crippen molar-refractivity contribution in [3.05, 3.63) is 89.8 Å². The number of hydrogen-bond acceptors (Lipinski definition) is 4. The van der Waals surface area contributed by atoms with E-state index in [1.807, 2.05) is 52.1 Å². The molecule has 1 aromatic carbocycles. The summed E-state index contributed by atoms with van der Waals surface area (Å²) in [5, 5.41) is 1.01. The molecule has 138 valence electrons. The summed E-state index contributed by atoms with van der Waals surface area (Å²) in [4.78, 5) is 27.9. The van der Waals surface area contributed by atoms with E-state index in [-0.39, 0.29) is 5.91 Å². The van der Waals surface area contributed by atoms with Crippen molar-refractivity contribution in [1.82, 2.24) is 24.4 Å². The topological polar surface area (TPSA) is 63.9 Å². The molecule has 5 rings (SSSR count). The van der Waals surface area contributed by atoms with Gasteiger partial charge in [0.1, 0.15) is 0 Å². The van der Waals surface area contributed by atoms with Crippen LogP contribution in [0.15, 0.2) is 67.4 Å². The molecule has 0 aliphatic carbocycles. The first-order valence-corrected chi connectivity index (χ1v) is 9.34. The van der Waals surface area contributed by atoms with Gasteiger partial charge in [-0.15, -0.1) is 0 Å². The standard InChI is InChI=1S/C22H19N5O/c28-22(17-5-3-16(4-6-17)13-26-11-9-23-15-26)27-10-7-20-19(14-27)12-18-2-1-8-24-21(18)25-20/h1-6,8-9,11-12,15H,7,10,13-14H2. The van der Waals surface area contributed by atoms with Crippen LogP contribution in [0, 0.1) is 0 Å². The Hall–Kier alpha value is -3.54. The number of nitrogens with zero attached hydrogens (tertiary/aromatic N) is 5. The number of hydrogen-bond donors (Lipinski definition) is 0. The minimum atomic E-state index is 0.0612. The Balaban J connectivity index is 1.34. The average molecular weight is 369 g/mol. The van der Waals surface area contributed by atoms with Crippen LogP contribution in [0.4, 0.5) is 0 Å². The highest BCUT2D eigenvalue weighted by atomic mass is 16.2. The monoisotopic (exact) mass is 369 g/mol. The zero-order chi connectivity index (χ0) is 18.9. The fraction of sp³-hybridized carbons (Fsp3) is 0.182. The summed E-state index contributed by atoms with van der Waals surface area (Å²) in [5.74, 6) is 0.0612. The van der Waals surface area contributed by atoms with Crippen LogP contribution in [0.1, 0.15) is 27.2 Å². The lowest BCUT2D eigenvalue weighted by Gasteiger charge is -2.28. The third kappa shape index (κ3) is 3.13. The summed E-state index contributed by atoms with van der Waals surface area (Å²) >= 11 is 0. The van der Waals surface area contributed by atoms with Crippen LogP contribution < -0.4 is 0 Å². The van der Waals surface area contributed by atoms with Crippen LogP contribution in [-0.2, 0) is 19.5 Å². The molecule has 0 radical (unpaired) electrons. The van der Waals surface area contributed by atoms with Crippen LogP contribution in [0.5, 0.6) is 0 Å². The molecule has 0 saturated carbocycles. The second-order valence-corrected chi connectivity index (χ2v) is 7.05. The molecule has 0 unspecified atom stereocenters. The van der Waals surface area contributed by atoms with Gasteiger partial charge in [0, 0.05) is 61.3 Å². The summed E-state index contributed by atoms with van der Waals surface area (Å²) in [6, 6.07) is 13.9. The van der Waals surface area contributed by atoms with Crippen LogP contribution in [0.3, 0.4) is 0 Å². The Morgan fingerprint density at radius 3 is 2.82 bits per heavy atom. The van der Waals surface area contributed by atoms with Crippen LogP contribution in [0.2, 0.25) is 0 Å². The second kappa shape index (κ2) is 6.88. The largest absolute Gasteiger partial charge is 0.334 e. The van der Waals surface area contributed by atoms with E-state index >= 15 is 0 Å². The third-order valence-corrected chi connectivity index (χ3v) is 5.15. The summed E-state index contributed by atoms with van der Waals surface area (Å²) < 4.78 is 2.00. The number of rotatable bonds is 3. The number of amides is 1. The van der Waals surface area contributed by atoms with Crippen molar-refractivity contribution in [3.63, 3.8) is 0 Å². The summed E-state index contributed by atoms with van der Waals surface area (Å²) in [7, 11) is 0. The molecule has 3 aromatic heterocycles. The van der Waals surface area contributed by atoms with E-state index in [1.54, 1.807) is 18.7 Å². The number of pyridine rings is 2. The van der Waals surface area contributed by atoms with E-state index < -0.39 is 0 Å². The number of aromatic nitrogens is 4. The normalized spacial score (nSPS) is 13.5. The maximum absolute atomic E-state index is 13.0. The lowest BCUT2D eigenvalue weighted by Crippen LogP contribution is -2.36. The summed E-state index contributed by atoms with van der Waals surface area (Å²) in [6.07, 6.45) is 8.00. The molecule has 0 fully saturated rings. The van der Waals surface area contributed by atoms with Gasteiger partial charge in [-0.2, -0.15) is 0 Å². The Morgan fingerprint density at radius 1 is 1.11 bits per heavy atom. The molecule has 0 saturated heterocycles. The predicted octanol–water partition coefficient (Wildman–Crippen LogP) is 3.07. The molecule has 1 aliphatic heterocycles. The number of fused-ring (bicyclic) bond motifs is 2. The average Bonchev–Trinajstić information content (AvgIpc) is 3.25. The van der Waals surface area contributed by atoms with Crippen LogP contribution in [0.25, 0.3) is 11.0 Å². The first-order valence-electron chi connectivity index (χ1n) is 9.34. The van der Waals surface area contributed by atoms with Crippen LogP contribution >= 0.6 is 0 Å². The Morgan fingerprint density at radius 2 is 2.00 bits per heavy atom. The maximum atomic E-state index is 13.0. The van der Waals surface area contributed by atoms with Crippen molar-refractivity contribution < 1.29 is 4.79 Å². The number of carbonyl (C=O) groups is 1. The van der Waals surface area contributed by atoms with Gasteiger partial charge in [-0.1, -0.05) is 12.1 Å². The van der Waals surface area contributed by atoms with Gasteiger partial charge >= 0.3 is 0 Å². The summed E-state index contributed by atoms with van der Waals surface area (Å²) in [6.45, 7) is 2.01. The summed E-state index contributed by atoms with van der Waals surface area (Å²) in [5.41, 5.74) is 4.78. The molecule has 28 heavy (non-hydrogen) atoms. The molecular formula is C22H19N5O. The smallest absolute Gasteiger partial charge is 0.254 e. The van der Waals surface area contributed by atoms with Crippen molar-refractivity contribution >= 4 is 16.9 Å². The predicted molar refractivity (Wildman–Crippen MR) is 106 cm³/mol. The Kier molecular flexibility index (Phi) is 4.09. The van der Waals surface area contributed by atoms with Gasteiger partial charge in [-0.25, -0.2) is 15.0 Å². The molecule has 1 aliphatic rings. The highest BCUT2D eigenvalue weighted by Crippen LogP contribution is 2.23. The lowest BCUT2D eigenvalue weighted by molar-refractivity contribution is 0.0733. The number of benzene rings is 1. The fourth-order valence-electron chi connectivity index (χ4n) is 3.66. The quantitative estimate of drug-likeness (QED) is 0.557. The van der Waals surface area contributed by atoms with Crippen molar-refractivity contribution in [2.45, 2.75) is 19.5 Å². The number of carbonyl (C=O) groups excluding carboxylic acids is 1. The van der Waals surface area contributed by atoms with E-state index in [0.29, 0.717) is 18.7 Å². The minimum absolute atomic E-state index is 0.0612. The molecule has 4 aromatic rings. The van der Waals surface area contributed by atoms with Gasteiger partial charge in [-0.05, 0) is 41.5 Å². The number of imidazole rings is 1. The van der Waals surface area contributed by atoms with Crippen LogP contribution in [-0.4, -0.2) is 36.9 Å². The van der Waals surface area contributed by atoms with Crippen molar-refractivity contribution in [2.24, 2.45) is 0 Å². The van der Waals surface area contributed by atoms with Gasteiger partial charge in [0.05, 0.1) is 6.33 Å². The first kappa shape index (κ1) is 16.6. The fourth-order valence-corrected chi connectivity index (χ4v) is 3.66. The molecule has 1 amide bonds. The maximum Gasteiger partial charge on any atom is 0.254 e. The zero-order valence-corrected chi connectivity index (χ0v) is 15.3. The van der Waals surface area contributed by atoms with Gasteiger partial charge in [-0.3, -0.25) is 4.79 Å². The van der Waals surface area contributed by atoms with E-state index in [4.69, 9.17) is 0 Å². The van der Waals surface area contributed by atoms with E-state index in [0.717, 1.165) is 40.8 Å². The molecule has 4 heterocycles. The van der Waals surface area contributed by atoms with Gasteiger partial charge < -0.3 is 9.47 Å².